The quantitative estimate of drug-likeness (QED) is 0.624. The van der Waals surface area contributed by atoms with Crippen molar-refractivity contribution in [3.8, 4) is 0 Å². The molecule has 0 bridgehead atoms. The van der Waals surface area contributed by atoms with E-state index in [9.17, 15) is 5.11 Å². The van der Waals surface area contributed by atoms with Gasteiger partial charge in [0.2, 0.25) is 0 Å². The molecule has 1 aromatic rings. The summed E-state index contributed by atoms with van der Waals surface area (Å²) < 4.78 is 1.91. The van der Waals surface area contributed by atoms with E-state index in [1.807, 2.05) is 4.57 Å². The number of fused-ring (bicyclic) bond motifs is 1. The van der Waals surface area contributed by atoms with E-state index in [1.165, 1.54) is 0 Å². The van der Waals surface area contributed by atoms with Gasteiger partial charge in [-0.2, -0.15) is 0 Å². The lowest BCUT2D eigenvalue weighted by atomic mass is 10.1. The summed E-state index contributed by atoms with van der Waals surface area (Å²) >= 11 is 0. The van der Waals surface area contributed by atoms with Gasteiger partial charge in [0.15, 0.2) is 0 Å². The highest BCUT2D eigenvalue weighted by molar-refractivity contribution is 5.00. The summed E-state index contributed by atoms with van der Waals surface area (Å²) in [5.41, 5.74) is 0. The van der Waals surface area contributed by atoms with Crippen molar-refractivity contribution in [3.05, 3.63) is 11.6 Å². The minimum absolute atomic E-state index is 0.0776. The minimum atomic E-state index is -0.291. The van der Waals surface area contributed by atoms with Crippen LogP contribution in [-0.2, 0) is 19.4 Å². The Labute approximate surface area is 76.0 Å². The van der Waals surface area contributed by atoms with Crippen LogP contribution in [0.3, 0.4) is 0 Å². The van der Waals surface area contributed by atoms with Gasteiger partial charge in [-0.3, -0.25) is 0 Å². The van der Waals surface area contributed by atoms with E-state index >= 15 is 0 Å². The smallest absolute Gasteiger partial charge is 0.135 e. The van der Waals surface area contributed by atoms with E-state index in [1.54, 1.807) is 0 Å². The second kappa shape index (κ2) is 3.43. The fourth-order valence-corrected chi connectivity index (χ4v) is 1.65. The lowest BCUT2D eigenvalue weighted by molar-refractivity contribution is 0.128. The third-order valence-electron chi connectivity index (χ3n) is 2.33. The number of aliphatic hydroxyl groups is 2. The van der Waals surface area contributed by atoms with E-state index in [2.05, 4.69) is 10.2 Å². The Morgan fingerprint density at radius 1 is 1.46 bits per heavy atom. The highest BCUT2D eigenvalue weighted by Gasteiger charge is 2.20. The first-order valence-electron chi connectivity index (χ1n) is 4.51. The van der Waals surface area contributed by atoms with E-state index in [0.717, 1.165) is 24.5 Å². The fraction of sp³-hybridized carbons (Fsp3) is 0.750. The van der Waals surface area contributed by atoms with Crippen LogP contribution >= 0.6 is 0 Å². The maximum absolute atomic E-state index is 9.43. The van der Waals surface area contributed by atoms with Crippen LogP contribution in [0.1, 0.15) is 18.1 Å². The molecule has 0 saturated heterocycles. The van der Waals surface area contributed by atoms with Crippen LogP contribution in [0.15, 0.2) is 0 Å². The lowest BCUT2D eigenvalue weighted by Crippen LogP contribution is -2.25. The molecule has 1 aliphatic heterocycles. The molecule has 13 heavy (non-hydrogen) atoms. The number of aryl methyl sites for hydroxylation is 1. The van der Waals surface area contributed by atoms with Gasteiger partial charge in [-0.15, -0.1) is 10.2 Å². The van der Waals surface area contributed by atoms with Gasteiger partial charge >= 0.3 is 0 Å². The third kappa shape index (κ3) is 1.57. The zero-order valence-electron chi connectivity index (χ0n) is 7.35. The summed E-state index contributed by atoms with van der Waals surface area (Å²) in [7, 11) is 0. The normalized spacial score (nSPS) is 21.5. The summed E-state index contributed by atoms with van der Waals surface area (Å²) in [6.07, 6.45) is 1.76. The summed E-state index contributed by atoms with van der Waals surface area (Å²) in [5, 5.41) is 26.2. The molecule has 0 aliphatic carbocycles. The number of nitrogens with zero attached hydrogens (tertiary/aromatic N) is 3. The zero-order valence-corrected chi connectivity index (χ0v) is 7.35. The second-order valence-corrected chi connectivity index (χ2v) is 3.31. The molecule has 0 spiro atoms. The Balaban J connectivity index is 2.25. The average Bonchev–Trinajstić information content (AvgIpc) is 2.49. The van der Waals surface area contributed by atoms with Crippen molar-refractivity contribution in [1.29, 1.82) is 0 Å². The molecule has 1 aromatic heterocycles. The van der Waals surface area contributed by atoms with Gasteiger partial charge < -0.3 is 14.8 Å². The van der Waals surface area contributed by atoms with Crippen LogP contribution in [-0.4, -0.2) is 37.7 Å². The van der Waals surface area contributed by atoms with Crippen molar-refractivity contribution >= 4 is 0 Å². The Kier molecular flexibility index (Phi) is 2.28. The lowest BCUT2D eigenvalue weighted by Gasteiger charge is -2.19. The molecule has 0 radical (unpaired) electrons. The van der Waals surface area contributed by atoms with E-state index in [-0.39, 0.29) is 12.7 Å². The molecule has 5 heteroatoms. The molecule has 2 heterocycles. The molecule has 2 rings (SSSR count). The number of hydrogen-bond donors (Lipinski definition) is 2. The SMILES string of the molecule is OCCc1nnc2n1CC(O)CC2. The summed E-state index contributed by atoms with van der Waals surface area (Å²) in [6.45, 7) is 0.645. The minimum Gasteiger partial charge on any atom is -0.396 e. The maximum Gasteiger partial charge on any atom is 0.135 e. The molecule has 1 atom stereocenters. The van der Waals surface area contributed by atoms with E-state index < -0.39 is 0 Å². The van der Waals surface area contributed by atoms with E-state index in [4.69, 9.17) is 5.11 Å². The van der Waals surface area contributed by atoms with Crippen molar-refractivity contribution in [2.75, 3.05) is 6.61 Å². The number of aromatic nitrogens is 3. The third-order valence-corrected chi connectivity index (χ3v) is 2.33. The first kappa shape index (κ1) is 8.65. The molecule has 2 N–H and O–H groups in total. The molecular weight excluding hydrogens is 170 g/mol. The zero-order chi connectivity index (χ0) is 9.26. The molecule has 5 nitrogen and oxygen atoms in total. The van der Waals surface area contributed by atoms with Crippen molar-refractivity contribution < 1.29 is 10.2 Å². The topological polar surface area (TPSA) is 71.2 Å². The van der Waals surface area contributed by atoms with Crippen LogP contribution in [0, 0.1) is 0 Å². The molecular formula is C8H13N3O2. The standard InChI is InChI=1S/C8H13N3O2/c12-4-3-8-10-9-7-2-1-6(13)5-11(7)8/h6,12-13H,1-5H2. The maximum atomic E-state index is 9.43. The van der Waals surface area contributed by atoms with Crippen LogP contribution in [0.5, 0.6) is 0 Å². The summed E-state index contributed by atoms with van der Waals surface area (Å²) in [5.74, 6) is 1.70. The predicted molar refractivity (Wildman–Crippen MR) is 45.1 cm³/mol. The summed E-state index contributed by atoms with van der Waals surface area (Å²) in [4.78, 5) is 0. The average molecular weight is 183 g/mol. The molecule has 0 amide bonds. The molecule has 0 fully saturated rings. The highest BCUT2D eigenvalue weighted by Crippen LogP contribution is 2.14. The van der Waals surface area contributed by atoms with Gasteiger partial charge in [-0.1, -0.05) is 0 Å². The molecule has 0 saturated carbocycles. The monoisotopic (exact) mass is 183 g/mol. The van der Waals surface area contributed by atoms with Crippen LogP contribution in [0.4, 0.5) is 0 Å². The van der Waals surface area contributed by atoms with Crippen molar-refractivity contribution in [3.63, 3.8) is 0 Å². The van der Waals surface area contributed by atoms with Gasteiger partial charge in [0.05, 0.1) is 19.3 Å². The molecule has 1 unspecified atom stereocenters. The van der Waals surface area contributed by atoms with Gasteiger partial charge in [0.25, 0.3) is 0 Å². The largest absolute Gasteiger partial charge is 0.396 e. The first-order chi connectivity index (χ1) is 6.31. The second-order valence-electron chi connectivity index (χ2n) is 3.31. The predicted octanol–water partition coefficient (Wildman–Crippen LogP) is -0.880. The first-order valence-corrected chi connectivity index (χ1v) is 4.51. The van der Waals surface area contributed by atoms with Gasteiger partial charge in [-0.25, -0.2) is 0 Å². The fourth-order valence-electron chi connectivity index (χ4n) is 1.65. The number of aliphatic hydroxyl groups excluding tert-OH is 2. The highest BCUT2D eigenvalue weighted by atomic mass is 16.3. The van der Waals surface area contributed by atoms with Crippen LogP contribution < -0.4 is 0 Å². The van der Waals surface area contributed by atoms with Gasteiger partial charge in [-0.05, 0) is 6.42 Å². The number of rotatable bonds is 2. The van der Waals surface area contributed by atoms with Gasteiger partial charge in [0.1, 0.15) is 11.6 Å². The van der Waals surface area contributed by atoms with Crippen molar-refractivity contribution in [2.24, 2.45) is 0 Å². The summed E-state index contributed by atoms with van der Waals surface area (Å²) in [6, 6.07) is 0. The van der Waals surface area contributed by atoms with Crippen LogP contribution in [0.2, 0.25) is 0 Å². The molecule has 1 aliphatic rings. The Morgan fingerprint density at radius 2 is 2.31 bits per heavy atom. The van der Waals surface area contributed by atoms with Gasteiger partial charge in [0, 0.05) is 12.8 Å². The molecule has 72 valence electrons. The van der Waals surface area contributed by atoms with Crippen molar-refractivity contribution in [2.45, 2.75) is 31.9 Å². The van der Waals surface area contributed by atoms with E-state index in [0.29, 0.717) is 13.0 Å². The molecule has 0 aromatic carbocycles. The number of hydrogen-bond acceptors (Lipinski definition) is 4. The Morgan fingerprint density at radius 3 is 3.08 bits per heavy atom. The van der Waals surface area contributed by atoms with Crippen molar-refractivity contribution in [1.82, 2.24) is 14.8 Å². The van der Waals surface area contributed by atoms with Crippen LogP contribution in [0.25, 0.3) is 0 Å². The Hall–Kier alpha value is -0.940. The Bertz CT molecular complexity index is 298.